The third-order valence-electron chi connectivity index (χ3n) is 2.03. The number of carbonyl (C=O) groups excluding carboxylic acids is 2. The fourth-order valence-electron chi connectivity index (χ4n) is 1.34. The molecule has 1 heterocycles. The number of allylic oxidation sites excluding steroid dienone is 2. The molecule has 2 amide bonds. The van der Waals surface area contributed by atoms with E-state index in [0.29, 0.717) is 11.1 Å². The molecule has 3 nitrogen and oxygen atoms in total. The summed E-state index contributed by atoms with van der Waals surface area (Å²) >= 11 is 0. The number of likely N-dealkylation sites (N-methyl/N-ethyl adjacent to an activating group) is 1. The van der Waals surface area contributed by atoms with Crippen LogP contribution in [0.4, 0.5) is 0 Å². The van der Waals surface area contributed by atoms with Crippen LogP contribution >= 0.6 is 0 Å². The van der Waals surface area contributed by atoms with Crippen molar-refractivity contribution in [2.45, 2.75) is 13.8 Å². The number of hydrogen-bond acceptors (Lipinski definition) is 2. The third kappa shape index (κ3) is 1.53. The molecule has 0 aromatic heterocycles. The minimum absolute atomic E-state index is 0.235. The Balaban J connectivity index is 3.24. The van der Waals surface area contributed by atoms with Crippen LogP contribution in [-0.2, 0) is 9.59 Å². The molecule has 0 saturated carbocycles. The highest BCUT2D eigenvalue weighted by Crippen LogP contribution is 2.21. The molecule has 14 heavy (non-hydrogen) atoms. The van der Waals surface area contributed by atoms with Gasteiger partial charge in [0.05, 0.1) is 11.1 Å². The summed E-state index contributed by atoms with van der Waals surface area (Å²) in [6.45, 7) is 3.63. The summed E-state index contributed by atoms with van der Waals surface area (Å²) in [6.07, 6.45) is 6.84. The Morgan fingerprint density at radius 3 is 1.57 bits per heavy atom. The van der Waals surface area contributed by atoms with E-state index in [1.54, 1.807) is 24.3 Å². The number of nitrogens with zero attached hydrogens (tertiary/aromatic N) is 1. The van der Waals surface area contributed by atoms with Crippen LogP contribution in [0.1, 0.15) is 13.8 Å². The summed E-state index contributed by atoms with van der Waals surface area (Å²) in [4.78, 5) is 24.2. The predicted octanol–water partition coefficient (Wildman–Crippen LogP) is 1.43. The first kappa shape index (κ1) is 10.4. The summed E-state index contributed by atoms with van der Waals surface area (Å²) in [7, 11) is 1.49. The lowest BCUT2D eigenvalue weighted by Crippen LogP contribution is -2.26. The molecule has 0 saturated heterocycles. The molecule has 0 atom stereocenters. The van der Waals surface area contributed by atoms with Crippen molar-refractivity contribution in [2.75, 3.05) is 7.05 Å². The lowest BCUT2D eigenvalue weighted by molar-refractivity contribution is -0.135. The molecular weight excluding hydrogens is 178 g/mol. The number of carbonyl (C=O) groups is 2. The van der Waals surface area contributed by atoms with Crippen LogP contribution in [0, 0.1) is 0 Å². The van der Waals surface area contributed by atoms with Crippen molar-refractivity contribution < 1.29 is 9.59 Å². The first-order valence-electron chi connectivity index (χ1n) is 4.45. The maximum absolute atomic E-state index is 11.6. The van der Waals surface area contributed by atoms with E-state index in [4.69, 9.17) is 0 Å². The van der Waals surface area contributed by atoms with Crippen LogP contribution in [0.3, 0.4) is 0 Å². The maximum atomic E-state index is 11.6. The molecule has 0 radical (unpaired) electrons. The van der Waals surface area contributed by atoms with Crippen molar-refractivity contribution in [3.8, 4) is 0 Å². The van der Waals surface area contributed by atoms with Crippen LogP contribution in [-0.4, -0.2) is 23.8 Å². The standard InChI is InChI=1S/C11H13NO2/c1-4-6-8-9(7-5-2)11(14)12(3)10(8)13/h4-7H,1-3H3/b6-4-,7-5-. The van der Waals surface area contributed by atoms with Crippen molar-refractivity contribution in [3.63, 3.8) is 0 Å². The summed E-state index contributed by atoms with van der Waals surface area (Å²) < 4.78 is 0. The molecule has 0 fully saturated rings. The van der Waals surface area contributed by atoms with E-state index >= 15 is 0 Å². The first-order valence-corrected chi connectivity index (χ1v) is 4.45. The molecule has 0 aromatic rings. The molecule has 0 N–H and O–H groups in total. The lowest BCUT2D eigenvalue weighted by Gasteiger charge is -2.04. The molecule has 3 heteroatoms. The van der Waals surface area contributed by atoms with E-state index in [0.717, 1.165) is 4.90 Å². The van der Waals surface area contributed by atoms with Crippen LogP contribution in [0.25, 0.3) is 0 Å². The van der Waals surface area contributed by atoms with E-state index in [2.05, 4.69) is 0 Å². The van der Waals surface area contributed by atoms with Crippen LogP contribution in [0.15, 0.2) is 35.5 Å². The minimum atomic E-state index is -0.235. The van der Waals surface area contributed by atoms with E-state index < -0.39 is 0 Å². The third-order valence-corrected chi connectivity index (χ3v) is 2.03. The van der Waals surface area contributed by atoms with Gasteiger partial charge in [0.25, 0.3) is 11.8 Å². The van der Waals surface area contributed by atoms with Crippen LogP contribution in [0.2, 0.25) is 0 Å². The van der Waals surface area contributed by atoms with Gasteiger partial charge < -0.3 is 0 Å². The van der Waals surface area contributed by atoms with Gasteiger partial charge in [0.1, 0.15) is 0 Å². The molecule has 74 valence electrons. The van der Waals surface area contributed by atoms with Gasteiger partial charge >= 0.3 is 0 Å². The Morgan fingerprint density at radius 1 is 0.929 bits per heavy atom. The Bertz CT molecular complexity index is 327. The van der Waals surface area contributed by atoms with E-state index in [9.17, 15) is 9.59 Å². The fourth-order valence-corrected chi connectivity index (χ4v) is 1.34. The topological polar surface area (TPSA) is 37.4 Å². The quantitative estimate of drug-likeness (QED) is 0.619. The zero-order chi connectivity index (χ0) is 10.7. The summed E-state index contributed by atoms with van der Waals surface area (Å²) in [5, 5.41) is 0. The van der Waals surface area contributed by atoms with Crippen LogP contribution in [0.5, 0.6) is 0 Å². The number of hydrogen-bond donors (Lipinski definition) is 0. The summed E-state index contributed by atoms with van der Waals surface area (Å²) in [5.41, 5.74) is 0.941. The maximum Gasteiger partial charge on any atom is 0.261 e. The minimum Gasteiger partial charge on any atom is -0.277 e. The molecule has 1 aliphatic heterocycles. The SMILES string of the molecule is C/C=C\C1=C(/C=C\C)C(=O)N(C)C1=O. The van der Waals surface area contributed by atoms with E-state index in [1.165, 1.54) is 7.05 Å². The molecule has 0 unspecified atom stereocenters. The van der Waals surface area contributed by atoms with E-state index in [1.807, 2.05) is 13.8 Å². The van der Waals surface area contributed by atoms with Crippen molar-refractivity contribution in [2.24, 2.45) is 0 Å². The molecule has 0 spiro atoms. The fraction of sp³-hybridized carbons (Fsp3) is 0.273. The zero-order valence-electron chi connectivity index (χ0n) is 8.57. The average Bonchev–Trinajstić information content (AvgIpc) is 2.36. The Morgan fingerprint density at radius 2 is 1.29 bits per heavy atom. The largest absolute Gasteiger partial charge is 0.277 e. The monoisotopic (exact) mass is 191 g/mol. The molecule has 0 bridgehead atoms. The summed E-state index contributed by atoms with van der Waals surface area (Å²) in [5.74, 6) is -0.470. The first-order chi connectivity index (χ1) is 6.63. The molecular formula is C11H13NO2. The highest BCUT2D eigenvalue weighted by Gasteiger charge is 2.32. The summed E-state index contributed by atoms with van der Waals surface area (Å²) in [6, 6.07) is 0. The normalized spacial score (nSPS) is 18.4. The number of amides is 2. The van der Waals surface area contributed by atoms with E-state index in [-0.39, 0.29) is 11.8 Å². The zero-order valence-corrected chi connectivity index (χ0v) is 8.57. The number of rotatable bonds is 2. The Kier molecular flexibility index (Phi) is 3.02. The van der Waals surface area contributed by atoms with Gasteiger partial charge in [0.15, 0.2) is 0 Å². The number of imide groups is 1. The lowest BCUT2D eigenvalue weighted by atomic mass is 10.1. The van der Waals surface area contributed by atoms with Gasteiger partial charge in [-0.15, -0.1) is 0 Å². The highest BCUT2D eigenvalue weighted by atomic mass is 16.2. The molecule has 1 rings (SSSR count). The Labute approximate surface area is 83.4 Å². The molecule has 1 aliphatic rings. The van der Waals surface area contributed by atoms with Gasteiger partial charge in [-0.2, -0.15) is 0 Å². The average molecular weight is 191 g/mol. The second-order valence-corrected chi connectivity index (χ2v) is 3.00. The van der Waals surface area contributed by atoms with Gasteiger partial charge in [-0.1, -0.05) is 24.3 Å². The van der Waals surface area contributed by atoms with Gasteiger partial charge in [-0.3, -0.25) is 14.5 Å². The smallest absolute Gasteiger partial charge is 0.261 e. The second-order valence-electron chi connectivity index (χ2n) is 3.00. The van der Waals surface area contributed by atoms with Gasteiger partial charge in [-0.05, 0) is 13.8 Å². The Hall–Kier alpha value is -1.64. The van der Waals surface area contributed by atoms with Crippen molar-refractivity contribution in [3.05, 3.63) is 35.5 Å². The van der Waals surface area contributed by atoms with Gasteiger partial charge in [-0.25, -0.2) is 0 Å². The van der Waals surface area contributed by atoms with Gasteiger partial charge in [0.2, 0.25) is 0 Å². The van der Waals surface area contributed by atoms with Crippen molar-refractivity contribution in [1.29, 1.82) is 0 Å². The van der Waals surface area contributed by atoms with Crippen LogP contribution < -0.4 is 0 Å². The van der Waals surface area contributed by atoms with Gasteiger partial charge in [0, 0.05) is 7.05 Å². The van der Waals surface area contributed by atoms with Crippen molar-refractivity contribution >= 4 is 11.8 Å². The highest BCUT2D eigenvalue weighted by molar-refractivity contribution is 6.21. The predicted molar refractivity (Wildman–Crippen MR) is 54.4 cm³/mol. The molecule has 0 aromatic carbocycles. The molecule has 0 aliphatic carbocycles. The van der Waals surface area contributed by atoms with Crippen molar-refractivity contribution in [1.82, 2.24) is 4.90 Å². The second kappa shape index (κ2) is 4.05.